The van der Waals surface area contributed by atoms with Gasteiger partial charge in [0.05, 0.1) is 12.1 Å². The number of hydrogen-bond donors (Lipinski definition) is 3. The van der Waals surface area contributed by atoms with E-state index in [2.05, 4.69) is 15.8 Å². The zero-order valence-corrected chi connectivity index (χ0v) is 11.4. The van der Waals surface area contributed by atoms with Gasteiger partial charge in [0.15, 0.2) is 5.76 Å². The van der Waals surface area contributed by atoms with Crippen LogP contribution in [0.3, 0.4) is 0 Å². The number of urea groups is 1. The van der Waals surface area contributed by atoms with Crippen molar-refractivity contribution in [3.05, 3.63) is 11.5 Å². The minimum Gasteiger partial charge on any atom is -0.391 e. The quantitative estimate of drug-likeness (QED) is 0.781. The largest absolute Gasteiger partial charge is 0.391 e. The minimum atomic E-state index is -0.450. The number of nitrogens with zero attached hydrogens (tertiary/aromatic N) is 1. The monoisotopic (exact) mass is 267 g/mol. The van der Waals surface area contributed by atoms with Crippen LogP contribution in [0.2, 0.25) is 0 Å². The third-order valence-electron chi connectivity index (χ3n) is 3.55. The maximum absolute atomic E-state index is 11.9. The van der Waals surface area contributed by atoms with Gasteiger partial charge in [0.1, 0.15) is 11.4 Å². The molecule has 19 heavy (non-hydrogen) atoms. The molecule has 1 aromatic heterocycles. The van der Waals surface area contributed by atoms with Crippen LogP contribution in [0.25, 0.3) is 0 Å². The highest BCUT2D eigenvalue weighted by atomic mass is 16.5. The van der Waals surface area contributed by atoms with Gasteiger partial charge in [0, 0.05) is 0 Å². The fourth-order valence-corrected chi connectivity index (χ4v) is 2.42. The minimum absolute atomic E-state index is 0.168. The summed E-state index contributed by atoms with van der Waals surface area (Å²) in [4.78, 5) is 11.9. The molecule has 0 aromatic carbocycles. The normalized spacial score (nSPS) is 23.1. The molecule has 2 unspecified atom stereocenters. The van der Waals surface area contributed by atoms with Crippen molar-refractivity contribution in [2.24, 2.45) is 0 Å². The second-order valence-corrected chi connectivity index (χ2v) is 4.97. The molecule has 3 N–H and O–H groups in total. The van der Waals surface area contributed by atoms with Crippen LogP contribution < -0.4 is 10.6 Å². The topological polar surface area (TPSA) is 87.4 Å². The van der Waals surface area contributed by atoms with Gasteiger partial charge in [-0.3, -0.25) is 0 Å². The zero-order valence-electron chi connectivity index (χ0n) is 11.4. The summed E-state index contributed by atoms with van der Waals surface area (Å²) in [6, 6.07) is -0.481. The first-order valence-corrected chi connectivity index (χ1v) is 6.82. The van der Waals surface area contributed by atoms with Gasteiger partial charge in [0.2, 0.25) is 0 Å². The number of aryl methyl sites for hydroxylation is 2. The molecule has 1 aliphatic carbocycles. The molecule has 1 aliphatic rings. The molecular weight excluding hydrogens is 246 g/mol. The predicted molar refractivity (Wildman–Crippen MR) is 71.0 cm³/mol. The third kappa shape index (κ3) is 3.26. The molecule has 1 aromatic rings. The van der Waals surface area contributed by atoms with E-state index in [1.807, 2.05) is 6.92 Å². The summed E-state index contributed by atoms with van der Waals surface area (Å²) >= 11 is 0. The molecule has 0 radical (unpaired) electrons. The summed E-state index contributed by atoms with van der Waals surface area (Å²) in [6.07, 6.45) is 3.86. The van der Waals surface area contributed by atoms with Crippen LogP contribution >= 0.6 is 0 Å². The van der Waals surface area contributed by atoms with E-state index in [1.165, 1.54) is 0 Å². The molecule has 6 nitrogen and oxygen atoms in total. The lowest BCUT2D eigenvalue weighted by atomic mass is 9.93. The number of nitrogens with one attached hydrogen (secondary N) is 2. The molecule has 0 bridgehead atoms. The maximum atomic E-state index is 11.9. The first kappa shape index (κ1) is 13.9. The molecule has 0 spiro atoms. The van der Waals surface area contributed by atoms with Gasteiger partial charge in [-0.05, 0) is 26.2 Å². The Kier molecular flexibility index (Phi) is 4.42. The lowest BCUT2D eigenvalue weighted by Gasteiger charge is -2.28. The number of anilines is 1. The van der Waals surface area contributed by atoms with Gasteiger partial charge in [0.25, 0.3) is 0 Å². The molecule has 2 atom stereocenters. The number of aliphatic hydroxyl groups excluding tert-OH is 1. The van der Waals surface area contributed by atoms with Crippen molar-refractivity contribution >= 4 is 11.7 Å². The molecular formula is C13H21N3O3. The number of carbonyl (C=O) groups excluding carboxylic acids is 1. The van der Waals surface area contributed by atoms with E-state index in [1.54, 1.807) is 6.92 Å². The molecule has 2 amide bonds. The van der Waals surface area contributed by atoms with Crippen molar-refractivity contribution < 1.29 is 14.4 Å². The Morgan fingerprint density at radius 3 is 2.89 bits per heavy atom. The van der Waals surface area contributed by atoms with E-state index in [4.69, 9.17) is 4.52 Å². The SMILES string of the molecule is CCc1noc(C)c1NC(=O)NC1CCCCC1O. The molecule has 0 aliphatic heterocycles. The van der Waals surface area contributed by atoms with Crippen LogP contribution in [0.1, 0.15) is 44.1 Å². The smallest absolute Gasteiger partial charge is 0.319 e. The molecule has 2 rings (SSSR count). The fraction of sp³-hybridized carbons (Fsp3) is 0.692. The number of aliphatic hydroxyl groups is 1. The van der Waals surface area contributed by atoms with Crippen molar-refractivity contribution in [1.29, 1.82) is 0 Å². The van der Waals surface area contributed by atoms with Crippen LogP contribution in [0.15, 0.2) is 4.52 Å². The Hall–Kier alpha value is -1.56. The third-order valence-corrected chi connectivity index (χ3v) is 3.55. The van der Waals surface area contributed by atoms with Gasteiger partial charge in [-0.1, -0.05) is 24.9 Å². The van der Waals surface area contributed by atoms with Crippen molar-refractivity contribution in [3.63, 3.8) is 0 Å². The molecule has 1 fully saturated rings. The molecule has 106 valence electrons. The van der Waals surface area contributed by atoms with Gasteiger partial charge < -0.3 is 20.3 Å². The van der Waals surface area contributed by atoms with Crippen LogP contribution in [0.4, 0.5) is 10.5 Å². The average molecular weight is 267 g/mol. The molecule has 1 saturated carbocycles. The highest BCUT2D eigenvalue weighted by molar-refractivity contribution is 5.90. The Labute approximate surface area is 112 Å². The lowest BCUT2D eigenvalue weighted by Crippen LogP contribution is -2.46. The summed E-state index contributed by atoms with van der Waals surface area (Å²) in [6.45, 7) is 3.71. The van der Waals surface area contributed by atoms with E-state index >= 15 is 0 Å². The first-order valence-electron chi connectivity index (χ1n) is 6.82. The second kappa shape index (κ2) is 6.06. The fourth-order valence-electron chi connectivity index (χ4n) is 2.42. The van der Waals surface area contributed by atoms with E-state index in [0.717, 1.165) is 31.4 Å². The van der Waals surface area contributed by atoms with Crippen LogP contribution in [-0.2, 0) is 6.42 Å². The van der Waals surface area contributed by atoms with Crippen LogP contribution in [0, 0.1) is 6.92 Å². The Morgan fingerprint density at radius 2 is 2.21 bits per heavy atom. The van der Waals surface area contributed by atoms with Crippen molar-refractivity contribution in [3.8, 4) is 0 Å². The van der Waals surface area contributed by atoms with Crippen molar-refractivity contribution in [1.82, 2.24) is 10.5 Å². The maximum Gasteiger partial charge on any atom is 0.319 e. The van der Waals surface area contributed by atoms with Crippen LogP contribution in [-0.4, -0.2) is 28.4 Å². The molecule has 0 saturated heterocycles. The van der Waals surface area contributed by atoms with Gasteiger partial charge >= 0.3 is 6.03 Å². The van der Waals surface area contributed by atoms with E-state index < -0.39 is 6.10 Å². The number of hydrogen-bond acceptors (Lipinski definition) is 4. The number of rotatable bonds is 3. The number of aromatic nitrogens is 1. The van der Waals surface area contributed by atoms with Gasteiger partial charge in [-0.2, -0.15) is 0 Å². The summed E-state index contributed by atoms with van der Waals surface area (Å²) in [5.41, 5.74) is 1.36. The van der Waals surface area contributed by atoms with E-state index in [-0.39, 0.29) is 12.1 Å². The standard InChI is InChI=1S/C13H21N3O3/c1-3-9-12(8(2)19-16-9)15-13(18)14-10-6-4-5-7-11(10)17/h10-11,17H,3-7H2,1-2H3,(H2,14,15,18). The Morgan fingerprint density at radius 1 is 1.47 bits per heavy atom. The first-order chi connectivity index (χ1) is 9.11. The zero-order chi connectivity index (χ0) is 13.8. The summed E-state index contributed by atoms with van der Waals surface area (Å²) in [5.74, 6) is 0.594. The number of carbonyl (C=O) groups is 1. The van der Waals surface area contributed by atoms with Gasteiger partial charge in [-0.15, -0.1) is 0 Å². The predicted octanol–water partition coefficient (Wildman–Crippen LogP) is 1.97. The highest BCUT2D eigenvalue weighted by Gasteiger charge is 2.25. The highest BCUT2D eigenvalue weighted by Crippen LogP contribution is 2.21. The van der Waals surface area contributed by atoms with E-state index in [9.17, 15) is 9.90 Å². The Balaban J connectivity index is 1.95. The van der Waals surface area contributed by atoms with E-state index in [0.29, 0.717) is 17.9 Å². The summed E-state index contributed by atoms with van der Waals surface area (Å²) in [7, 11) is 0. The number of amides is 2. The Bertz CT molecular complexity index is 444. The second-order valence-electron chi connectivity index (χ2n) is 4.97. The average Bonchev–Trinajstić information content (AvgIpc) is 2.73. The summed E-state index contributed by atoms with van der Waals surface area (Å²) < 4.78 is 5.06. The molecule has 6 heteroatoms. The summed E-state index contributed by atoms with van der Waals surface area (Å²) in [5, 5.41) is 19.3. The van der Waals surface area contributed by atoms with Crippen molar-refractivity contribution in [2.75, 3.05) is 5.32 Å². The lowest BCUT2D eigenvalue weighted by molar-refractivity contribution is 0.0955. The molecule has 1 heterocycles. The van der Waals surface area contributed by atoms with Gasteiger partial charge in [-0.25, -0.2) is 4.79 Å². The van der Waals surface area contributed by atoms with Crippen LogP contribution in [0.5, 0.6) is 0 Å². The van der Waals surface area contributed by atoms with Crippen molar-refractivity contribution in [2.45, 2.75) is 58.1 Å².